The normalized spacial score (nSPS) is 28.9. The molecule has 4 rings (SSSR count). The van der Waals surface area contributed by atoms with Gasteiger partial charge in [0.15, 0.2) is 0 Å². The molecule has 0 aromatic carbocycles. The van der Waals surface area contributed by atoms with Crippen LogP contribution in [0.2, 0.25) is 0 Å². The van der Waals surface area contributed by atoms with Crippen molar-refractivity contribution in [3.8, 4) is 0 Å². The fourth-order valence-corrected chi connectivity index (χ4v) is 5.60. The van der Waals surface area contributed by atoms with E-state index in [4.69, 9.17) is 0 Å². The highest BCUT2D eigenvalue weighted by molar-refractivity contribution is 5.95. The van der Waals surface area contributed by atoms with Gasteiger partial charge >= 0.3 is 0 Å². The molecule has 0 spiro atoms. The quantitative estimate of drug-likeness (QED) is 0.821. The first-order chi connectivity index (χ1) is 13.9. The molecule has 1 aromatic heterocycles. The number of hydrogen-bond donors (Lipinski definition) is 1. The largest absolute Gasteiger partial charge is 0.354 e. The Morgan fingerprint density at radius 2 is 2.03 bits per heavy atom. The third kappa shape index (κ3) is 3.53. The van der Waals surface area contributed by atoms with Gasteiger partial charge in [-0.3, -0.25) is 19.1 Å². The number of carbonyl (C=O) groups excluding carboxylic acids is 3. The molecule has 1 aromatic rings. The third-order valence-electron chi connectivity index (χ3n) is 6.98. The highest BCUT2D eigenvalue weighted by Gasteiger charge is 2.50. The van der Waals surface area contributed by atoms with Crippen molar-refractivity contribution in [2.45, 2.75) is 65.1 Å². The van der Waals surface area contributed by atoms with Gasteiger partial charge in [-0.05, 0) is 44.9 Å². The first-order valence-electron chi connectivity index (χ1n) is 10.8. The van der Waals surface area contributed by atoms with E-state index in [9.17, 15) is 14.4 Å². The Morgan fingerprint density at radius 3 is 2.72 bits per heavy atom. The third-order valence-corrected chi connectivity index (χ3v) is 6.98. The van der Waals surface area contributed by atoms with Crippen LogP contribution in [0.25, 0.3) is 0 Å². The summed E-state index contributed by atoms with van der Waals surface area (Å²) in [4.78, 5) is 41.6. The minimum absolute atomic E-state index is 0.0331. The van der Waals surface area contributed by atoms with Gasteiger partial charge in [0.05, 0.1) is 17.8 Å². The van der Waals surface area contributed by atoms with E-state index in [0.29, 0.717) is 37.5 Å². The molecule has 3 aliphatic heterocycles. The molecule has 8 heteroatoms. The number of nitrogens with zero attached hydrogens (tertiary/aromatic N) is 4. The molecule has 158 valence electrons. The molecule has 2 bridgehead atoms. The van der Waals surface area contributed by atoms with Crippen LogP contribution >= 0.6 is 0 Å². The zero-order valence-electron chi connectivity index (χ0n) is 17.6. The van der Waals surface area contributed by atoms with E-state index < -0.39 is 0 Å². The Morgan fingerprint density at radius 1 is 1.28 bits per heavy atom. The molecule has 3 saturated heterocycles. The summed E-state index contributed by atoms with van der Waals surface area (Å²) in [6.07, 6.45) is 5.16. The van der Waals surface area contributed by atoms with E-state index in [1.54, 1.807) is 6.20 Å². The van der Waals surface area contributed by atoms with E-state index in [1.165, 1.54) is 6.92 Å². The number of rotatable bonds is 4. The molecule has 0 radical (unpaired) electrons. The number of fused-ring (bicyclic) bond motifs is 4. The molecule has 4 atom stereocenters. The van der Waals surface area contributed by atoms with Gasteiger partial charge in [-0.25, -0.2) is 0 Å². The van der Waals surface area contributed by atoms with Crippen LogP contribution in [-0.2, 0) is 16.1 Å². The minimum atomic E-state index is -0.0838. The summed E-state index contributed by atoms with van der Waals surface area (Å²) < 4.78 is 1.85. The molecular formula is C21H31N5O3. The molecule has 3 fully saturated rings. The molecule has 0 unspecified atom stereocenters. The fourth-order valence-electron chi connectivity index (χ4n) is 5.60. The molecular weight excluding hydrogens is 370 g/mol. The Labute approximate surface area is 171 Å². The fraction of sp³-hybridized carbons (Fsp3) is 0.714. The van der Waals surface area contributed by atoms with Crippen LogP contribution in [0.5, 0.6) is 0 Å². The molecule has 8 nitrogen and oxygen atoms in total. The van der Waals surface area contributed by atoms with E-state index in [-0.39, 0.29) is 35.7 Å². The number of amides is 3. The van der Waals surface area contributed by atoms with Gasteiger partial charge in [0.25, 0.3) is 5.91 Å². The van der Waals surface area contributed by atoms with Crippen LogP contribution < -0.4 is 5.32 Å². The van der Waals surface area contributed by atoms with Crippen molar-refractivity contribution in [3.05, 3.63) is 17.5 Å². The second-order valence-corrected chi connectivity index (χ2v) is 8.69. The van der Waals surface area contributed by atoms with Crippen molar-refractivity contribution in [3.63, 3.8) is 0 Å². The van der Waals surface area contributed by atoms with Crippen LogP contribution in [0.3, 0.4) is 0 Å². The number of piperidine rings is 3. The molecule has 4 heterocycles. The second kappa shape index (κ2) is 7.80. The maximum absolute atomic E-state index is 13.3. The van der Waals surface area contributed by atoms with Crippen LogP contribution in [0.4, 0.5) is 0 Å². The lowest BCUT2D eigenvalue weighted by molar-refractivity contribution is -0.151. The number of aromatic nitrogens is 2. The lowest BCUT2D eigenvalue weighted by Gasteiger charge is -2.56. The summed E-state index contributed by atoms with van der Waals surface area (Å²) in [5.41, 5.74) is 1.57. The number of hydrogen-bond acceptors (Lipinski definition) is 4. The zero-order chi connectivity index (χ0) is 20.7. The molecule has 0 saturated carbocycles. The molecule has 29 heavy (non-hydrogen) atoms. The van der Waals surface area contributed by atoms with Crippen LogP contribution in [0, 0.1) is 18.8 Å². The maximum atomic E-state index is 13.3. The topological polar surface area (TPSA) is 87.5 Å². The van der Waals surface area contributed by atoms with Gasteiger partial charge in [-0.2, -0.15) is 5.10 Å². The predicted molar refractivity (Wildman–Crippen MR) is 107 cm³/mol. The number of carbonyl (C=O) groups is 3. The molecule has 3 amide bonds. The van der Waals surface area contributed by atoms with Gasteiger partial charge in [-0.1, -0.05) is 0 Å². The summed E-state index contributed by atoms with van der Waals surface area (Å²) in [5, 5.41) is 7.25. The van der Waals surface area contributed by atoms with Crippen molar-refractivity contribution < 1.29 is 14.4 Å². The van der Waals surface area contributed by atoms with E-state index >= 15 is 0 Å². The van der Waals surface area contributed by atoms with Crippen molar-refractivity contribution >= 4 is 17.7 Å². The average molecular weight is 402 g/mol. The van der Waals surface area contributed by atoms with Crippen molar-refractivity contribution in [1.29, 1.82) is 0 Å². The van der Waals surface area contributed by atoms with Gasteiger partial charge < -0.3 is 15.1 Å². The first-order valence-corrected chi connectivity index (χ1v) is 10.8. The van der Waals surface area contributed by atoms with Crippen LogP contribution in [0.15, 0.2) is 6.20 Å². The number of aryl methyl sites for hydroxylation is 1. The lowest BCUT2D eigenvalue weighted by atomic mass is 9.72. The van der Waals surface area contributed by atoms with Gasteiger partial charge in [0.2, 0.25) is 11.8 Å². The highest BCUT2D eigenvalue weighted by atomic mass is 16.2. The van der Waals surface area contributed by atoms with Gasteiger partial charge in [-0.15, -0.1) is 0 Å². The van der Waals surface area contributed by atoms with E-state index in [2.05, 4.69) is 15.3 Å². The lowest BCUT2D eigenvalue weighted by Crippen LogP contribution is -2.67. The van der Waals surface area contributed by atoms with Gasteiger partial charge in [0, 0.05) is 51.3 Å². The predicted octanol–water partition coefficient (Wildman–Crippen LogP) is 1.19. The maximum Gasteiger partial charge on any atom is 0.257 e. The molecule has 3 aliphatic rings. The minimum Gasteiger partial charge on any atom is -0.354 e. The number of likely N-dealkylation sites (tertiary alicyclic amines) is 1. The summed E-state index contributed by atoms with van der Waals surface area (Å²) in [6.45, 7) is 7.97. The smallest absolute Gasteiger partial charge is 0.257 e. The summed E-state index contributed by atoms with van der Waals surface area (Å²) in [5.74, 6) is 0.637. The SMILES string of the molecule is CCn1ncc(C(=O)N2C[C@H]3C[C@@H](C2)[C@H](CNC(C)=O)N2C(=O)CCC[C@@H]32)c1C. The van der Waals surface area contributed by atoms with Crippen molar-refractivity contribution in [2.24, 2.45) is 11.8 Å². The second-order valence-electron chi connectivity index (χ2n) is 8.69. The first kappa shape index (κ1) is 19.9. The Kier molecular flexibility index (Phi) is 5.36. The van der Waals surface area contributed by atoms with Crippen LogP contribution in [-0.4, -0.2) is 69.0 Å². The summed E-state index contributed by atoms with van der Waals surface area (Å²) in [7, 11) is 0. The molecule has 0 aliphatic carbocycles. The Balaban J connectivity index is 1.59. The van der Waals surface area contributed by atoms with Crippen LogP contribution in [0.1, 0.15) is 55.6 Å². The van der Waals surface area contributed by atoms with Crippen molar-refractivity contribution in [2.75, 3.05) is 19.6 Å². The van der Waals surface area contributed by atoms with E-state index in [0.717, 1.165) is 31.5 Å². The summed E-state index contributed by atoms with van der Waals surface area (Å²) in [6, 6.07) is 0.129. The summed E-state index contributed by atoms with van der Waals surface area (Å²) >= 11 is 0. The monoisotopic (exact) mass is 401 g/mol. The Hall–Kier alpha value is -2.38. The zero-order valence-corrected chi connectivity index (χ0v) is 17.6. The van der Waals surface area contributed by atoms with Crippen molar-refractivity contribution in [1.82, 2.24) is 24.9 Å². The van der Waals surface area contributed by atoms with Gasteiger partial charge in [0.1, 0.15) is 0 Å². The molecule has 1 N–H and O–H groups in total. The average Bonchev–Trinajstić information content (AvgIpc) is 3.08. The van der Waals surface area contributed by atoms with E-state index in [1.807, 2.05) is 23.4 Å². The number of nitrogens with one attached hydrogen (secondary N) is 1. The standard InChI is InChI=1S/C21H31N5O3/c1-4-25-13(2)17(9-23-25)21(29)24-11-15-8-16(12-24)19(10-22-14(3)27)26-18(15)6-5-7-20(26)28/h9,15-16,18-19H,4-8,10-12H2,1-3H3,(H,22,27)/t15-,16+,18+,19+/m1/s1. The highest BCUT2D eigenvalue weighted by Crippen LogP contribution is 2.41. The Bertz CT molecular complexity index is 819.